The van der Waals surface area contributed by atoms with Crippen LogP contribution in [0.5, 0.6) is 0 Å². The van der Waals surface area contributed by atoms with Gasteiger partial charge in [0.25, 0.3) is 5.91 Å². The molecule has 0 aliphatic rings. The second-order valence-corrected chi connectivity index (χ2v) is 5.78. The van der Waals surface area contributed by atoms with Gasteiger partial charge in [-0.05, 0) is 24.1 Å². The maximum absolute atomic E-state index is 13.0. The van der Waals surface area contributed by atoms with Gasteiger partial charge in [-0.3, -0.25) is 4.79 Å². The monoisotopic (exact) mass is 292 g/mol. The minimum Gasteiger partial charge on any atom is -0.352 e. The number of thiazole rings is 1. The van der Waals surface area contributed by atoms with Crippen LogP contribution in [0.15, 0.2) is 29.6 Å². The van der Waals surface area contributed by atoms with Crippen molar-refractivity contribution < 1.29 is 9.18 Å². The lowest BCUT2D eigenvalue weighted by molar-refractivity contribution is 0.0953. The number of hydrogen-bond donors (Lipinski definition) is 1. The molecular weight excluding hydrogens is 275 g/mol. The van der Waals surface area contributed by atoms with Crippen molar-refractivity contribution in [2.75, 3.05) is 6.54 Å². The number of aromatic nitrogens is 1. The van der Waals surface area contributed by atoms with Gasteiger partial charge in [-0.2, -0.15) is 0 Å². The van der Waals surface area contributed by atoms with E-state index in [1.807, 2.05) is 5.38 Å². The Morgan fingerprint density at radius 2 is 2.25 bits per heavy atom. The molecule has 0 radical (unpaired) electrons. The van der Waals surface area contributed by atoms with E-state index in [-0.39, 0.29) is 5.91 Å². The molecule has 0 spiro atoms. The lowest BCUT2D eigenvalue weighted by Gasteiger charge is -2.04. The number of hydrogen-bond acceptors (Lipinski definition) is 3. The molecule has 1 aromatic heterocycles. The summed E-state index contributed by atoms with van der Waals surface area (Å²) in [6.45, 7) is 4.70. The SMILES string of the molecule is CC(C)c1csc(CCNC(=O)c2cccc(F)c2)n1. The lowest BCUT2D eigenvalue weighted by atomic mass is 10.2. The summed E-state index contributed by atoms with van der Waals surface area (Å²) in [5.74, 6) is -0.244. The number of halogens is 1. The third kappa shape index (κ3) is 3.87. The topological polar surface area (TPSA) is 42.0 Å². The van der Waals surface area contributed by atoms with Crippen LogP contribution in [0, 0.1) is 5.82 Å². The maximum Gasteiger partial charge on any atom is 0.251 e. The first-order chi connectivity index (χ1) is 9.56. The van der Waals surface area contributed by atoms with Crippen molar-refractivity contribution in [3.05, 3.63) is 51.7 Å². The van der Waals surface area contributed by atoms with E-state index in [1.54, 1.807) is 17.4 Å². The van der Waals surface area contributed by atoms with Crippen molar-refractivity contribution in [2.45, 2.75) is 26.2 Å². The first-order valence-electron chi connectivity index (χ1n) is 6.54. The van der Waals surface area contributed by atoms with Gasteiger partial charge in [0.05, 0.1) is 10.7 Å². The Labute approximate surface area is 121 Å². The fourth-order valence-corrected chi connectivity index (χ4v) is 2.68. The van der Waals surface area contributed by atoms with Gasteiger partial charge >= 0.3 is 0 Å². The molecule has 0 fully saturated rings. The van der Waals surface area contributed by atoms with Gasteiger partial charge in [0, 0.05) is 23.9 Å². The van der Waals surface area contributed by atoms with E-state index in [0.717, 1.165) is 10.7 Å². The average Bonchev–Trinajstić information content (AvgIpc) is 2.87. The van der Waals surface area contributed by atoms with Gasteiger partial charge in [-0.25, -0.2) is 9.37 Å². The van der Waals surface area contributed by atoms with Crippen LogP contribution in [0.25, 0.3) is 0 Å². The summed E-state index contributed by atoms with van der Waals surface area (Å²) in [6.07, 6.45) is 0.693. The van der Waals surface area contributed by atoms with E-state index in [4.69, 9.17) is 0 Å². The molecule has 3 nitrogen and oxygen atoms in total. The second-order valence-electron chi connectivity index (χ2n) is 4.84. The van der Waals surface area contributed by atoms with Crippen LogP contribution in [-0.2, 0) is 6.42 Å². The second kappa shape index (κ2) is 6.61. The molecule has 2 aromatic rings. The molecule has 0 unspecified atom stereocenters. The Kier molecular flexibility index (Phi) is 4.84. The molecular formula is C15H17FN2OS. The Balaban J connectivity index is 1.84. The van der Waals surface area contributed by atoms with Crippen LogP contribution >= 0.6 is 11.3 Å². The first-order valence-corrected chi connectivity index (χ1v) is 7.42. The van der Waals surface area contributed by atoms with Crippen LogP contribution in [0.2, 0.25) is 0 Å². The third-order valence-corrected chi connectivity index (χ3v) is 3.80. The van der Waals surface area contributed by atoms with Crippen LogP contribution in [-0.4, -0.2) is 17.4 Å². The normalized spacial score (nSPS) is 10.8. The van der Waals surface area contributed by atoms with Crippen molar-refractivity contribution >= 4 is 17.2 Å². The maximum atomic E-state index is 13.0. The zero-order chi connectivity index (χ0) is 14.5. The first kappa shape index (κ1) is 14.7. The largest absolute Gasteiger partial charge is 0.352 e. The highest BCUT2D eigenvalue weighted by Gasteiger charge is 2.08. The molecule has 0 bridgehead atoms. The minimum atomic E-state index is -0.404. The molecule has 5 heteroatoms. The Morgan fingerprint density at radius 1 is 1.45 bits per heavy atom. The van der Waals surface area contributed by atoms with E-state index in [2.05, 4.69) is 24.1 Å². The molecule has 1 aromatic carbocycles. The van der Waals surface area contributed by atoms with Crippen molar-refractivity contribution in [1.29, 1.82) is 0 Å². The molecule has 0 saturated carbocycles. The quantitative estimate of drug-likeness (QED) is 0.918. The highest BCUT2D eigenvalue weighted by molar-refractivity contribution is 7.09. The van der Waals surface area contributed by atoms with E-state index < -0.39 is 5.82 Å². The number of carbonyl (C=O) groups excluding carboxylic acids is 1. The van der Waals surface area contributed by atoms with Gasteiger partial charge in [0.2, 0.25) is 0 Å². The fourth-order valence-electron chi connectivity index (χ4n) is 1.72. The van der Waals surface area contributed by atoms with Crippen LogP contribution in [0.1, 0.15) is 40.8 Å². The molecule has 106 valence electrons. The summed E-state index contributed by atoms with van der Waals surface area (Å²) in [5, 5.41) is 5.83. The number of nitrogens with zero attached hydrogens (tertiary/aromatic N) is 1. The number of benzene rings is 1. The van der Waals surface area contributed by atoms with E-state index in [9.17, 15) is 9.18 Å². The van der Waals surface area contributed by atoms with Crippen LogP contribution < -0.4 is 5.32 Å². The number of carbonyl (C=O) groups is 1. The van der Waals surface area contributed by atoms with Crippen LogP contribution in [0.4, 0.5) is 4.39 Å². The minimum absolute atomic E-state index is 0.259. The van der Waals surface area contributed by atoms with E-state index >= 15 is 0 Å². The molecule has 2 rings (SSSR count). The number of rotatable bonds is 5. The van der Waals surface area contributed by atoms with E-state index in [1.165, 1.54) is 18.2 Å². The molecule has 1 N–H and O–H groups in total. The summed E-state index contributed by atoms with van der Waals surface area (Å²) < 4.78 is 13.0. The van der Waals surface area contributed by atoms with Crippen molar-refractivity contribution in [2.24, 2.45) is 0 Å². The Morgan fingerprint density at radius 3 is 2.90 bits per heavy atom. The predicted octanol–water partition coefficient (Wildman–Crippen LogP) is 3.38. The zero-order valence-electron chi connectivity index (χ0n) is 11.5. The highest BCUT2D eigenvalue weighted by atomic mass is 32.1. The molecule has 0 aliphatic carbocycles. The molecule has 0 atom stereocenters. The molecule has 1 heterocycles. The molecule has 0 saturated heterocycles. The summed E-state index contributed by atoms with van der Waals surface area (Å²) in [5.41, 5.74) is 1.42. The summed E-state index contributed by atoms with van der Waals surface area (Å²) in [7, 11) is 0. The van der Waals surface area contributed by atoms with Gasteiger partial charge < -0.3 is 5.32 Å². The van der Waals surface area contributed by atoms with Crippen LogP contribution in [0.3, 0.4) is 0 Å². The van der Waals surface area contributed by atoms with Crippen molar-refractivity contribution in [3.63, 3.8) is 0 Å². The number of nitrogens with one attached hydrogen (secondary N) is 1. The van der Waals surface area contributed by atoms with Gasteiger partial charge in [0.15, 0.2) is 0 Å². The van der Waals surface area contributed by atoms with Gasteiger partial charge in [-0.1, -0.05) is 19.9 Å². The number of amides is 1. The van der Waals surface area contributed by atoms with Crippen molar-refractivity contribution in [1.82, 2.24) is 10.3 Å². The van der Waals surface area contributed by atoms with Gasteiger partial charge in [0.1, 0.15) is 5.82 Å². The van der Waals surface area contributed by atoms with Gasteiger partial charge in [-0.15, -0.1) is 11.3 Å². The molecule has 0 aliphatic heterocycles. The fraction of sp³-hybridized carbons (Fsp3) is 0.333. The highest BCUT2D eigenvalue weighted by Crippen LogP contribution is 2.17. The van der Waals surface area contributed by atoms with Crippen molar-refractivity contribution in [3.8, 4) is 0 Å². The predicted molar refractivity (Wildman–Crippen MR) is 78.6 cm³/mol. The summed E-state index contributed by atoms with van der Waals surface area (Å²) in [4.78, 5) is 16.3. The average molecular weight is 292 g/mol. The smallest absolute Gasteiger partial charge is 0.251 e. The third-order valence-electron chi connectivity index (χ3n) is 2.87. The Hall–Kier alpha value is -1.75. The van der Waals surface area contributed by atoms with E-state index in [0.29, 0.717) is 24.4 Å². The summed E-state index contributed by atoms with van der Waals surface area (Å²) in [6, 6.07) is 5.67. The zero-order valence-corrected chi connectivity index (χ0v) is 12.3. The summed E-state index contributed by atoms with van der Waals surface area (Å²) >= 11 is 1.61. The molecule has 20 heavy (non-hydrogen) atoms. The lowest BCUT2D eigenvalue weighted by Crippen LogP contribution is -2.25. The standard InChI is InChI=1S/C15H17FN2OS/c1-10(2)13-9-20-14(18-13)6-7-17-15(19)11-4-3-5-12(16)8-11/h3-5,8-10H,6-7H2,1-2H3,(H,17,19). The Bertz CT molecular complexity index is 595. The molecule has 1 amide bonds.